The molecule has 2 N–H and O–H groups in total. The summed E-state index contributed by atoms with van der Waals surface area (Å²) in [5, 5.41) is 16.7. The molecule has 7 heteroatoms. The second kappa shape index (κ2) is 5.99. The van der Waals surface area contributed by atoms with E-state index in [1.54, 1.807) is 13.8 Å². The van der Waals surface area contributed by atoms with Crippen LogP contribution in [0.3, 0.4) is 0 Å². The van der Waals surface area contributed by atoms with E-state index in [1.165, 1.54) is 18.2 Å². The standard InChI is InChI=1S/C12H16ClN3O3/c1-4-14-12(2,3)11(17)15-9-7-8(13)5-6-10(9)16(18)19/h5-7,14H,4H2,1-3H3,(H,15,17). The second-order valence-corrected chi connectivity index (χ2v) is 4.96. The van der Waals surface area contributed by atoms with Crippen molar-refractivity contribution in [3.63, 3.8) is 0 Å². The molecule has 19 heavy (non-hydrogen) atoms. The fourth-order valence-corrected chi connectivity index (χ4v) is 1.74. The minimum Gasteiger partial charge on any atom is -0.319 e. The van der Waals surface area contributed by atoms with Crippen molar-refractivity contribution in [3.05, 3.63) is 33.3 Å². The summed E-state index contributed by atoms with van der Waals surface area (Å²) in [7, 11) is 0. The van der Waals surface area contributed by atoms with Crippen molar-refractivity contribution < 1.29 is 9.72 Å². The lowest BCUT2D eigenvalue weighted by molar-refractivity contribution is -0.383. The molecule has 0 saturated carbocycles. The quantitative estimate of drug-likeness (QED) is 0.643. The minimum atomic E-state index is -0.828. The number of amides is 1. The topological polar surface area (TPSA) is 84.3 Å². The van der Waals surface area contributed by atoms with E-state index in [-0.39, 0.29) is 17.3 Å². The number of hydrogen-bond donors (Lipinski definition) is 2. The van der Waals surface area contributed by atoms with Crippen LogP contribution in [0.25, 0.3) is 0 Å². The van der Waals surface area contributed by atoms with Crippen molar-refractivity contribution in [2.45, 2.75) is 26.3 Å². The number of carbonyl (C=O) groups excluding carboxylic acids is 1. The Kier molecular flexibility index (Phi) is 4.85. The Morgan fingerprint density at radius 1 is 1.47 bits per heavy atom. The molecule has 0 aliphatic heterocycles. The molecular formula is C12H16ClN3O3. The molecule has 0 unspecified atom stereocenters. The van der Waals surface area contributed by atoms with E-state index >= 15 is 0 Å². The number of hydrogen-bond acceptors (Lipinski definition) is 4. The second-order valence-electron chi connectivity index (χ2n) is 4.53. The van der Waals surface area contributed by atoms with Gasteiger partial charge in [0.05, 0.1) is 10.5 Å². The predicted molar refractivity (Wildman–Crippen MR) is 74.5 cm³/mol. The van der Waals surface area contributed by atoms with Gasteiger partial charge in [-0.1, -0.05) is 18.5 Å². The molecular weight excluding hydrogens is 270 g/mol. The number of nitrogens with one attached hydrogen (secondary N) is 2. The van der Waals surface area contributed by atoms with Crippen LogP contribution in [-0.4, -0.2) is 22.9 Å². The van der Waals surface area contributed by atoms with Gasteiger partial charge in [-0.05, 0) is 32.5 Å². The van der Waals surface area contributed by atoms with Crippen LogP contribution in [0.2, 0.25) is 5.02 Å². The average Bonchev–Trinajstić information content (AvgIpc) is 2.28. The zero-order chi connectivity index (χ0) is 14.6. The van der Waals surface area contributed by atoms with E-state index < -0.39 is 10.5 Å². The highest BCUT2D eigenvalue weighted by atomic mass is 35.5. The first-order valence-electron chi connectivity index (χ1n) is 5.78. The maximum Gasteiger partial charge on any atom is 0.292 e. The Labute approximate surface area is 116 Å². The lowest BCUT2D eigenvalue weighted by atomic mass is 10.0. The van der Waals surface area contributed by atoms with E-state index in [0.717, 1.165) is 0 Å². The van der Waals surface area contributed by atoms with Gasteiger partial charge in [0.1, 0.15) is 5.69 Å². The summed E-state index contributed by atoms with van der Waals surface area (Å²) in [4.78, 5) is 22.4. The Hall–Kier alpha value is -1.66. The van der Waals surface area contributed by atoms with Gasteiger partial charge < -0.3 is 10.6 Å². The highest BCUT2D eigenvalue weighted by Crippen LogP contribution is 2.28. The van der Waals surface area contributed by atoms with Crippen LogP contribution < -0.4 is 10.6 Å². The van der Waals surface area contributed by atoms with Gasteiger partial charge in [-0.2, -0.15) is 0 Å². The summed E-state index contributed by atoms with van der Waals surface area (Å²) >= 11 is 5.79. The van der Waals surface area contributed by atoms with Crippen molar-refractivity contribution >= 4 is 28.9 Å². The van der Waals surface area contributed by atoms with Gasteiger partial charge in [-0.15, -0.1) is 0 Å². The van der Waals surface area contributed by atoms with Crippen molar-refractivity contribution in [2.24, 2.45) is 0 Å². The number of rotatable bonds is 5. The third-order valence-electron chi connectivity index (χ3n) is 2.59. The van der Waals surface area contributed by atoms with Gasteiger partial charge in [0.25, 0.3) is 5.69 Å². The van der Waals surface area contributed by atoms with Crippen LogP contribution in [0, 0.1) is 10.1 Å². The number of carbonyl (C=O) groups is 1. The molecule has 0 aliphatic carbocycles. The summed E-state index contributed by atoms with van der Waals surface area (Å²) < 4.78 is 0. The zero-order valence-electron chi connectivity index (χ0n) is 11.0. The third kappa shape index (κ3) is 3.90. The van der Waals surface area contributed by atoms with Gasteiger partial charge >= 0.3 is 0 Å². The fraction of sp³-hybridized carbons (Fsp3) is 0.417. The monoisotopic (exact) mass is 285 g/mol. The number of halogens is 1. The summed E-state index contributed by atoms with van der Waals surface area (Å²) in [6.45, 7) is 5.87. The van der Waals surface area contributed by atoms with Crippen LogP contribution >= 0.6 is 11.6 Å². The molecule has 0 heterocycles. The van der Waals surface area contributed by atoms with E-state index in [9.17, 15) is 14.9 Å². The molecule has 1 rings (SSSR count). The Bertz CT molecular complexity index is 503. The normalized spacial score (nSPS) is 11.2. The molecule has 104 valence electrons. The lowest BCUT2D eigenvalue weighted by Crippen LogP contribution is -2.49. The summed E-state index contributed by atoms with van der Waals surface area (Å²) in [6.07, 6.45) is 0. The van der Waals surface area contributed by atoms with Gasteiger partial charge in [-0.3, -0.25) is 14.9 Å². The summed E-state index contributed by atoms with van der Waals surface area (Å²) in [6, 6.07) is 4.03. The molecule has 0 aromatic heterocycles. The number of benzene rings is 1. The zero-order valence-corrected chi connectivity index (χ0v) is 11.7. The fourth-order valence-electron chi connectivity index (χ4n) is 1.57. The summed E-state index contributed by atoms with van der Waals surface area (Å²) in [5.41, 5.74) is -0.927. The number of nitro groups is 1. The molecule has 0 saturated heterocycles. The molecule has 1 amide bonds. The van der Waals surface area contributed by atoms with Crippen molar-refractivity contribution in [1.29, 1.82) is 0 Å². The third-order valence-corrected chi connectivity index (χ3v) is 2.82. The molecule has 0 bridgehead atoms. The highest BCUT2D eigenvalue weighted by Gasteiger charge is 2.28. The van der Waals surface area contributed by atoms with Gasteiger partial charge in [0.2, 0.25) is 5.91 Å². The lowest BCUT2D eigenvalue weighted by Gasteiger charge is -2.24. The van der Waals surface area contributed by atoms with Crippen molar-refractivity contribution in [2.75, 3.05) is 11.9 Å². The van der Waals surface area contributed by atoms with E-state index in [0.29, 0.717) is 11.6 Å². The molecule has 0 spiro atoms. The first kappa shape index (κ1) is 15.4. The van der Waals surface area contributed by atoms with Gasteiger partial charge in [0.15, 0.2) is 0 Å². The van der Waals surface area contributed by atoms with E-state index in [4.69, 9.17) is 11.6 Å². The Balaban J connectivity index is 3.02. The molecule has 1 aromatic carbocycles. The average molecular weight is 286 g/mol. The van der Waals surface area contributed by atoms with E-state index in [1.807, 2.05) is 6.92 Å². The van der Waals surface area contributed by atoms with Crippen LogP contribution in [0.1, 0.15) is 20.8 Å². The number of anilines is 1. The van der Waals surface area contributed by atoms with Crippen LogP contribution in [-0.2, 0) is 4.79 Å². The number of nitrogens with zero attached hydrogens (tertiary/aromatic N) is 1. The first-order chi connectivity index (χ1) is 8.77. The largest absolute Gasteiger partial charge is 0.319 e. The van der Waals surface area contributed by atoms with Crippen molar-refractivity contribution in [1.82, 2.24) is 5.32 Å². The van der Waals surface area contributed by atoms with Crippen LogP contribution in [0.5, 0.6) is 0 Å². The Morgan fingerprint density at radius 3 is 2.63 bits per heavy atom. The smallest absolute Gasteiger partial charge is 0.292 e. The SMILES string of the molecule is CCNC(C)(C)C(=O)Nc1cc(Cl)ccc1[N+](=O)[O-]. The molecule has 1 aromatic rings. The number of nitro benzene ring substituents is 1. The molecule has 0 aliphatic rings. The van der Waals surface area contributed by atoms with Gasteiger partial charge in [-0.25, -0.2) is 0 Å². The maximum absolute atomic E-state index is 12.1. The van der Waals surface area contributed by atoms with E-state index in [2.05, 4.69) is 10.6 Å². The number of likely N-dealkylation sites (N-methyl/N-ethyl adjacent to an activating group) is 1. The molecule has 6 nitrogen and oxygen atoms in total. The van der Waals surface area contributed by atoms with Crippen LogP contribution in [0.4, 0.5) is 11.4 Å². The van der Waals surface area contributed by atoms with Gasteiger partial charge in [0, 0.05) is 11.1 Å². The first-order valence-corrected chi connectivity index (χ1v) is 6.16. The van der Waals surface area contributed by atoms with Crippen molar-refractivity contribution in [3.8, 4) is 0 Å². The summed E-state index contributed by atoms with van der Waals surface area (Å²) in [5.74, 6) is -0.361. The van der Waals surface area contributed by atoms with Crippen LogP contribution in [0.15, 0.2) is 18.2 Å². The molecule has 0 atom stereocenters. The predicted octanol–water partition coefficient (Wildman–Crippen LogP) is 2.57. The molecule has 0 radical (unpaired) electrons. The highest BCUT2D eigenvalue weighted by molar-refractivity contribution is 6.31. The Morgan fingerprint density at radius 2 is 2.11 bits per heavy atom. The molecule has 0 fully saturated rings. The maximum atomic E-state index is 12.1. The minimum absolute atomic E-state index is 0.0912.